The zero-order valence-electron chi connectivity index (χ0n) is 12.8. The van der Waals surface area contributed by atoms with Gasteiger partial charge in [-0.2, -0.15) is 0 Å². The van der Waals surface area contributed by atoms with Gasteiger partial charge in [-0.25, -0.2) is 4.79 Å². The van der Waals surface area contributed by atoms with Crippen molar-refractivity contribution in [3.05, 3.63) is 48.6 Å². The second-order valence-electron chi connectivity index (χ2n) is 5.44. The molecule has 2 unspecified atom stereocenters. The minimum absolute atomic E-state index is 0.188. The van der Waals surface area contributed by atoms with E-state index >= 15 is 0 Å². The Morgan fingerprint density at radius 2 is 2.05 bits per heavy atom. The SMILES string of the molecule is C=CC(=O)OC(C)[N+](C)(CCCC)Cc1ccccc1. The van der Waals surface area contributed by atoms with E-state index in [1.165, 1.54) is 11.6 Å². The quantitative estimate of drug-likeness (QED) is 0.314. The average molecular weight is 276 g/mol. The largest absolute Gasteiger partial charge is 0.410 e. The molecule has 3 nitrogen and oxygen atoms in total. The summed E-state index contributed by atoms with van der Waals surface area (Å²) in [5.41, 5.74) is 1.26. The molecule has 0 aliphatic rings. The van der Waals surface area contributed by atoms with Crippen molar-refractivity contribution < 1.29 is 14.0 Å². The van der Waals surface area contributed by atoms with Crippen LogP contribution in [-0.4, -0.2) is 30.3 Å². The number of carbonyl (C=O) groups is 1. The van der Waals surface area contributed by atoms with Gasteiger partial charge in [0.25, 0.3) is 0 Å². The molecule has 0 amide bonds. The van der Waals surface area contributed by atoms with Crippen LogP contribution < -0.4 is 0 Å². The van der Waals surface area contributed by atoms with Crippen molar-refractivity contribution in [2.45, 2.75) is 39.5 Å². The van der Waals surface area contributed by atoms with E-state index in [9.17, 15) is 4.79 Å². The van der Waals surface area contributed by atoms with Gasteiger partial charge in [-0.3, -0.25) is 4.48 Å². The van der Waals surface area contributed by atoms with Crippen LogP contribution in [0.5, 0.6) is 0 Å². The minimum atomic E-state index is -0.355. The van der Waals surface area contributed by atoms with Gasteiger partial charge in [0.05, 0.1) is 13.6 Å². The van der Waals surface area contributed by atoms with Gasteiger partial charge in [0.2, 0.25) is 6.23 Å². The topological polar surface area (TPSA) is 26.3 Å². The lowest BCUT2D eigenvalue weighted by molar-refractivity contribution is -0.962. The average Bonchev–Trinajstić information content (AvgIpc) is 2.46. The van der Waals surface area contributed by atoms with E-state index in [0.29, 0.717) is 4.48 Å². The van der Waals surface area contributed by atoms with Crippen molar-refractivity contribution >= 4 is 5.97 Å². The molecule has 20 heavy (non-hydrogen) atoms. The first kappa shape index (κ1) is 16.4. The zero-order valence-corrected chi connectivity index (χ0v) is 12.8. The van der Waals surface area contributed by atoms with Crippen molar-refractivity contribution in [1.29, 1.82) is 0 Å². The van der Waals surface area contributed by atoms with E-state index in [-0.39, 0.29) is 12.2 Å². The highest BCUT2D eigenvalue weighted by Gasteiger charge is 2.31. The van der Waals surface area contributed by atoms with Crippen LogP contribution in [0, 0.1) is 0 Å². The van der Waals surface area contributed by atoms with Crippen molar-refractivity contribution in [2.75, 3.05) is 13.6 Å². The first-order chi connectivity index (χ1) is 9.51. The van der Waals surface area contributed by atoms with Crippen molar-refractivity contribution in [2.24, 2.45) is 0 Å². The molecule has 0 radical (unpaired) electrons. The highest BCUT2D eigenvalue weighted by molar-refractivity contribution is 5.81. The summed E-state index contributed by atoms with van der Waals surface area (Å²) in [6.45, 7) is 9.43. The zero-order chi connectivity index (χ0) is 15.0. The molecule has 0 fully saturated rings. The standard InChI is InChI=1S/C17H26NO2/c1-5-7-13-18(4,15(3)20-17(19)6-2)14-16-11-9-8-10-12-16/h6,8-12,15H,2,5,7,13-14H2,1,3-4H3/q+1. The lowest BCUT2D eigenvalue weighted by Gasteiger charge is -2.39. The van der Waals surface area contributed by atoms with Crippen molar-refractivity contribution in [3.8, 4) is 0 Å². The summed E-state index contributed by atoms with van der Waals surface area (Å²) in [4.78, 5) is 11.4. The third kappa shape index (κ3) is 4.82. The van der Waals surface area contributed by atoms with Crippen molar-refractivity contribution in [3.63, 3.8) is 0 Å². The molecule has 1 rings (SSSR count). The van der Waals surface area contributed by atoms with E-state index in [4.69, 9.17) is 4.74 Å². The Labute approximate surface area is 122 Å². The highest BCUT2D eigenvalue weighted by atomic mass is 16.6. The molecule has 0 saturated heterocycles. The number of nitrogens with zero attached hydrogens (tertiary/aromatic N) is 1. The number of quaternary nitrogens is 1. The van der Waals surface area contributed by atoms with Crippen LogP contribution in [0.25, 0.3) is 0 Å². The molecule has 0 heterocycles. The van der Waals surface area contributed by atoms with Crippen LogP contribution in [0.4, 0.5) is 0 Å². The van der Waals surface area contributed by atoms with Crippen LogP contribution >= 0.6 is 0 Å². The number of carbonyl (C=O) groups excluding carboxylic acids is 1. The van der Waals surface area contributed by atoms with E-state index in [2.05, 4.69) is 32.7 Å². The van der Waals surface area contributed by atoms with E-state index in [0.717, 1.165) is 25.9 Å². The Kier molecular flexibility index (Phi) is 6.46. The van der Waals surface area contributed by atoms with Crippen LogP contribution in [0.3, 0.4) is 0 Å². The second kappa shape index (κ2) is 7.85. The molecule has 0 saturated carbocycles. The number of ether oxygens (including phenoxy) is 1. The third-order valence-corrected chi connectivity index (χ3v) is 3.74. The van der Waals surface area contributed by atoms with E-state index < -0.39 is 0 Å². The monoisotopic (exact) mass is 276 g/mol. The summed E-state index contributed by atoms with van der Waals surface area (Å²) in [6, 6.07) is 10.3. The van der Waals surface area contributed by atoms with Crippen molar-refractivity contribution in [1.82, 2.24) is 0 Å². The van der Waals surface area contributed by atoms with E-state index in [1.807, 2.05) is 25.1 Å². The number of unbranched alkanes of at least 4 members (excludes halogenated alkanes) is 1. The summed E-state index contributed by atoms with van der Waals surface area (Å²) in [5.74, 6) is -0.355. The molecule has 1 aromatic rings. The summed E-state index contributed by atoms with van der Waals surface area (Å²) >= 11 is 0. The van der Waals surface area contributed by atoms with Gasteiger partial charge in [-0.1, -0.05) is 50.3 Å². The fourth-order valence-electron chi connectivity index (χ4n) is 2.25. The van der Waals surface area contributed by atoms with Crippen LogP contribution in [0.1, 0.15) is 32.3 Å². The maximum absolute atomic E-state index is 11.4. The third-order valence-electron chi connectivity index (χ3n) is 3.74. The number of benzene rings is 1. The van der Waals surface area contributed by atoms with Gasteiger partial charge in [0.1, 0.15) is 6.54 Å². The summed E-state index contributed by atoms with van der Waals surface area (Å²) in [5, 5.41) is 0. The summed E-state index contributed by atoms with van der Waals surface area (Å²) in [6.07, 6.45) is 3.28. The van der Waals surface area contributed by atoms with Crippen LogP contribution in [0.2, 0.25) is 0 Å². The Morgan fingerprint density at radius 3 is 2.60 bits per heavy atom. The van der Waals surface area contributed by atoms with Gasteiger partial charge in [-0.15, -0.1) is 0 Å². The summed E-state index contributed by atoms with van der Waals surface area (Å²) < 4.78 is 6.14. The van der Waals surface area contributed by atoms with Gasteiger partial charge in [0, 0.05) is 18.6 Å². The molecular weight excluding hydrogens is 250 g/mol. The Morgan fingerprint density at radius 1 is 1.40 bits per heavy atom. The fourth-order valence-corrected chi connectivity index (χ4v) is 2.25. The Bertz CT molecular complexity index is 430. The van der Waals surface area contributed by atoms with E-state index in [1.54, 1.807) is 0 Å². The van der Waals surface area contributed by atoms with Gasteiger partial charge < -0.3 is 4.74 Å². The predicted molar refractivity (Wildman–Crippen MR) is 81.9 cm³/mol. The molecule has 1 aromatic carbocycles. The number of hydrogen-bond acceptors (Lipinski definition) is 2. The maximum Gasteiger partial charge on any atom is 0.334 e. The molecular formula is C17H26NO2+. The number of rotatable bonds is 8. The normalized spacial score (nSPS) is 15.2. The summed E-state index contributed by atoms with van der Waals surface area (Å²) in [7, 11) is 2.14. The minimum Gasteiger partial charge on any atom is -0.410 e. The molecule has 0 aliphatic carbocycles. The number of esters is 1. The van der Waals surface area contributed by atoms with Gasteiger partial charge >= 0.3 is 5.97 Å². The first-order valence-corrected chi connectivity index (χ1v) is 7.23. The molecule has 0 aliphatic heterocycles. The molecule has 0 N–H and O–H groups in total. The Balaban J connectivity index is 2.84. The molecule has 3 heteroatoms. The smallest absolute Gasteiger partial charge is 0.334 e. The molecule has 2 atom stereocenters. The number of hydrogen-bond donors (Lipinski definition) is 0. The predicted octanol–water partition coefficient (Wildman–Crippen LogP) is 3.51. The first-order valence-electron chi connectivity index (χ1n) is 7.23. The van der Waals surface area contributed by atoms with Crippen LogP contribution in [-0.2, 0) is 16.1 Å². The lowest BCUT2D eigenvalue weighted by Crippen LogP contribution is -2.52. The fraction of sp³-hybridized carbons (Fsp3) is 0.471. The van der Waals surface area contributed by atoms with Crippen LogP contribution in [0.15, 0.2) is 43.0 Å². The molecule has 110 valence electrons. The molecule has 0 spiro atoms. The van der Waals surface area contributed by atoms with Gasteiger partial charge in [0.15, 0.2) is 0 Å². The Hall–Kier alpha value is -1.61. The molecule has 0 aromatic heterocycles. The lowest BCUT2D eigenvalue weighted by atomic mass is 10.1. The maximum atomic E-state index is 11.4. The second-order valence-corrected chi connectivity index (χ2v) is 5.44. The van der Waals surface area contributed by atoms with Gasteiger partial charge in [-0.05, 0) is 6.42 Å². The molecule has 0 bridgehead atoms. The highest BCUT2D eigenvalue weighted by Crippen LogP contribution is 2.19.